The number of aromatic amines is 1. The summed E-state index contributed by atoms with van der Waals surface area (Å²) in [6.07, 6.45) is -5.38. The largest absolute Gasteiger partial charge is 0.496 e. The summed E-state index contributed by atoms with van der Waals surface area (Å²) in [4.78, 5) is 53.3. The highest BCUT2D eigenvalue weighted by atomic mass is 19.4. The van der Waals surface area contributed by atoms with Crippen molar-refractivity contribution < 1.29 is 37.0 Å². The Balaban J connectivity index is 1.80. The summed E-state index contributed by atoms with van der Waals surface area (Å²) in [7, 11) is 4.08. The third-order valence-corrected chi connectivity index (χ3v) is 6.30. The van der Waals surface area contributed by atoms with Gasteiger partial charge in [-0.25, -0.2) is 4.79 Å². The third-order valence-electron chi connectivity index (χ3n) is 6.30. The van der Waals surface area contributed by atoms with Gasteiger partial charge in [0.1, 0.15) is 17.1 Å². The average molecular weight is 548 g/mol. The van der Waals surface area contributed by atoms with Crippen molar-refractivity contribution in [1.29, 1.82) is 0 Å². The van der Waals surface area contributed by atoms with Gasteiger partial charge in [0.05, 0.1) is 26.9 Å². The molecule has 14 heteroatoms. The Hall–Kier alpha value is -4.75. The lowest BCUT2D eigenvalue weighted by Gasteiger charge is -2.30. The molecule has 0 aliphatic carbocycles. The number of anilines is 1. The number of methoxy groups -OCH3 is 3. The number of ether oxygens (including phenoxy) is 3. The number of fused-ring (bicyclic) bond motifs is 1. The number of aromatic nitrogens is 2. The first-order chi connectivity index (χ1) is 18.5. The van der Waals surface area contributed by atoms with E-state index in [1.807, 2.05) is 10.3 Å². The number of aryl methyl sites for hydroxylation is 1. The van der Waals surface area contributed by atoms with Crippen LogP contribution in [0.2, 0.25) is 0 Å². The molecule has 0 unspecified atom stereocenters. The number of alkyl halides is 3. The van der Waals surface area contributed by atoms with E-state index in [4.69, 9.17) is 14.2 Å². The molecule has 4 rings (SSSR count). The molecule has 0 saturated heterocycles. The molecule has 3 aromatic rings. The number of nitrogens with zero attached hydrogens (tertiary/aromatic N) is 1. The van der Waals surface area contributed by atoms with Gasteiger partial charge in [0.25, 0.3) is 22.9 Å². The quantitative estimate of drug-likeness (QED) is 0.391. The van der Waals surface area contributed by atoms with Crippen molar-refractivity contribution in [2.45, 2.75) is 24.7 Å². The summed E-state index contributed by atoms with van der Waals surface area (Å²) < 4.78 is 60.2. The van der Waals surface area contributed by atoms with Gasteiger partial charge in [0.2, 0.25) is 0 Å². The number of nitrogens with one attached hydrogen (secondary N) is 3. The molecule has 206 valence electrons. The molecule has 1 aromatic heterocycles. The number of hydrogen-bond acceptors (Lipinski definition) is 7. The molecule has 0 fully saturated rings. The van der Waals surface area contributed by atoms with Gasteiger partial charge >= 0.3 is 11.9 Å². The molecule has 2 heterocycles. The number of H-pyrrole nitrogens is 1. The first kappa shape index (κ1) is 27.3. The molecular weight excluding hydrogens is 525 g/mol. The van der Waals surface area contributed by atoms with E-state index in [1.165, 1.54) is 45.6 Å². The molecule has 0 radical (unpaired) electrons. The monoisotopic (exact) mass is 548 g/mol. The fraction of sp³-hybridized carbons (Fsp3) is 0.280. The summed E-state index contributed by atoms with van der Waals surface area (Å²) in [5, 5.41) is 3.70. The lowest BCUT2D eigenvalue weighted by atomic mass is 9.91. The Kier molecular flexibility index (Phi) is 7.13. The number of halogens is 3. The molecule has 0 saturated carbocycles. The molecule has 0 bridgehead atoms. The molecule has 1 aliphatic rings. The molecular formula is C25H23F3N4O7. The predicted molar refractivity (Wildman–Crippen MR) is 131 cm³/mol. The molecule has 1 aliphatic heterocycles. The standard InChI is InChI=1S/C25H23F3N4O7/c1-37-15-7-5-4-6-14(15)20(33)31-24(25(26,27)28)18-19(29-22(24)35)32(23(36)30-21(18)34)11-10-13-8-9-16(38-2)17(12-13)39-3/h4-9,12H,10-11H2,1-3H3,(H,29,35)(H,31,33)(H,30,34,36)/t24-/m0/s1. The number of carbonyl (C=O) groups excluding carboxylic acids is 2. The van der Waals surface area contributed by atoms with Crippen molar-refractivity contribution in [3.8, 4) is 17.2 Å². The smallest absolute Gasteiger partial charge is 0.425 e. The van der Waals surface area contributed by atoms with Crippen molar-refractivity contribution in [1.82, 2.24) is 14.9 Å². The van der Waals surface area contributed by atoms with E-state index in [-0.39, 0.29) is 24.3 Å². The van der Waals surface area contributed by atoms with Crippen LogP contribution in [0.1, 0.15) is 21.5 Å². The number of benzene rings is 2. The van der Waals surface area contributed by atoms with Gasteiger partial charge in [0.15, 0.2) is 11.5 Å². The highest BCUT2D eigenvalue weighted by molar-refractivity contribution is 6.09. The van der Waals surface area contributed by atoms with Gasteiger partial charge in [-0.05, 0) is 36.2 Å². The summed E-state index contributed by atoms with van der Waals surface area (Å²) >= 11 is 0. The van der Waals surface area contributed by atoms with Crippen LogP contribution < -0.4 is 36.1 Å². The third kappa shape index (κ3) is 4.57. The van der Waals surface area contributed by atoms with Crippen molar-refractivity contribution in [3.63, 3.8) is 0 Å². The summed E-state index contributed by atoms with van der Waals surface area (Å²) in [5.74, 6) is -2.97. The Morgan fingerprint density at radius 2 is 1.64 bits per heavy atom. The first-order valence-electron chi connectivity index (χ1n) is 11.4. The van der Waals surface area contributed by atoms with Crippen molar-refractivity contribution >= 4 is 17.6 Å². The number of rotatable bonds is 8. The summed E-state index contributed by atoms with van der Waals surface area (Å²) in [6.45, 7) is -0.234. The van der Waals surface area contributed by atoms with E-state index in [9.17, 15) is 32.3 Å². The van der Waals surface area contributed by atoms with Gasteiger partial charge in [0, 0.05) is 6.54 Å². The van der Waals surface area contributed by atoms with E-state index in [1.54, 1.807) is 23.5 Å². The second kappa shape index (κ2) is 10.2. The maximum atomic E-state index is 14.6. The molecule has 2 amide bonds. The van der Waals surface area contributed by atoms with E-state index in [0.717, 1.165) is 4.57 Å². The number of amides is 2. The molecule has 2 aromatic carbocycles. The minimum Gasteiger partial charge on any atom is -0.496 e. The van der Waals surface area contributed by atoms with Crippen LogP contribution in [0.15, 0.2) is 52.1 Å². The fourth-order valence-corrected chi connectivity index (χ4v) is 4.38. The zero-order chi connectivity index (χ0) is 28.5. The van der Waals surface area contributed by atoms with Crippen molar-refractivity contribution in [3.05, 3.63) is 80.0 Å². The minimum absolute atomic E-state index is 0.0558. The van der Waals surface area contributed by atoms with Crippen molar-refractivity contribution in [2.24, 2.45) is 0 Å². The van der Waals surface area contributed by atoms with Gasteiger partial charge in [-0.2, -0.15) is 13.2 Å². The van der Waals surface area contributed by atoms with E-state index in [0.29, 0.717) is 17.1 Å². The lowest BCUT2D eigenvalue weighted by Crippen LogP contribution is -2.62. The fourth-order valence-electron chi connectivity index (χ4n) is 4.38. The Labute approximate surface area is 218 Å². The van der Waals surface area contributed by atoms with Crippen LogP contribution in [0.5, 0.6) is 17.2 Å². The average Bonchev–Trinajstić information content (AvgIpc) is 3.21. The summed E-state index contributed by atoms with van der Waals surface area (Å²) in [6, 6.07) is 10.3. The Bertz CT molecular complexity index is 1560. The second-order valence-electron chi connectivity index (χ2n) is 8.43. The van der Waals surface area contributed by atoms with E-state index < -0.39 is 46.2 Å². The van der Waals surface area contributed by atoms with Crippen LogP contribution in [0.3, 0.4) is 0 Å². The maximum Gasteiger partial charge on any atom is 0.425 e. The van der Waals surface area contributed by atoms with Crippen LogP contribution >= 0.6 is 0 Å². The normalized spacial score (nSPS) is 16.3. The van der Waals surface area contributed by atoms with E-state index >= 15 is 0 Å². The highest BCUT2D eigenvalue weighted by Gasteiger charge is 2.68. The molecule has 39 heavy (non-hydrogen) atoms. The number of para-hydroxylation sites is 1. The van der Waals surface area contributed by atoms with Crippen LogP contribution in [-0.2, 0) is 23.3 Å². The van der Waals surface area contributed by atoms with Crippen LogP contribution in [-0.4, -0.2) is 48.9 Å². The van der Waals surface area contributed by atoms with Gasteiger partial charge < -0.3 is 24.8 Å². The van der Waals surface area contributed by atoms with Crippen LogP contribution in [0, 0.1) is 0 Å². The van der Waals surface area contributed by atoms with Crippen LogP contribution in [0.25, 0.3) is 0 Å². The number of carbonyl (C=O) groups is 2. The molecule has 1 atom stereocenters. The highest BCUT2D eigenvalue weighted by Crippen LogP contribution is 2.45. The first-order valence-corrected chi connectivity index (χ1v) is 11.4. The molecule has 0 spiro atoms. The second-order valence-corrected chi connectivity index (χ2v) is 8.43. The maximum absolute atomic E-state index is 14.6. The summed E-state index contributed by atoms with van der Waals surface area (Å²) in [5.41, 5.74) is -7.15. The zero-order valence-electron chi connectivity index (χ0n) is 20.9. The minimum atomic E-state index is -5.47. The van der Waals surface area contributed by atoms with Gasteiger partial charge in [-0.3, -0.25) is 23.9 Å². The zero-order valence-corrected chi connectivity index (χ0v) is 20.9. The molecule has 11 nitrogen and oxygen atoms in total. The Morgan fingerprint density at radius 1 is 0.974 bits per heavy atom. The SMILES string of the molecule is COc1ccc(CCn2c3c(c(=O)[nH]c2=O)[C@@](NC(=O)c2ccccc2OC)(C(F)(F)F)C(=O)N3)cc1OC. The van der Waals surface area contributed by atoms with E-state index in [2.05, 4.69) is 0 Å². The number of hydrogen-bond donors (Lipinski definition) is 3. The molecule has 3 N–H and O–H groups in total. The topological polar surface area (TPSA) is 141 Å². The van der Waals surface area contributed by atoms with Crippen LogP contribution in [0.4, 0.5) is 19.0 Å². The van der Waals surface area contributed by atoms with Gasteiger partial charge in [-0.15, -0.1) is 0 Å². The lowest BCUT2D eigenvalue weighted by molar-refractivity contribution is -0.196. The van der Waals surface area contributed by atoms with Gasteiger partial charge in [-0.1, -0.05) is 18.2 Å². The predicted octanol–water partition coefficient (Wildman–Crippen LogP) is 1.94. The Morgan fingerprint density at radius 3 is 2.28 bits per heavy atom. The van der Waals surface area contributed by atoms with Crippen molar-refractivity contribution in [2.75, 3.05) is 26.6 Å².